The minimum absolute atomic E-state index is 0.00644. The first-order valence-electron chi connectivity index (χ1n) is 39.8. The Balaban J connectivity index is 0.680. The molecule has 602 valence electrons. The number of aromatic nitrogens is 4. The van der Waals surface area contributed by atoms with E-state index >= 15 is 52.7 Å². The predicted octanol–water partition coefficient (Wildman–Crippen LogP) is 30.4. The van der Waals surface area contributed by atoms with Gasteiger partial charge in [-0.25, -0.2) is 0 Å². The number of halogens is 12. The van der Waals surface area contributed by atoms with Gasteiger partial charge < -0.3 is 18.3 Å². The minimum Gasteiger partial charge on any atom is -0.309 e. The summed E-state index contributed by atoms with van der Waals surface area (Å²) in [5.74, 6) is 0. The first kappa shape index (κ1) is 77.5. The molecule has 0 radical (unpaired) electrons. The fourth-order valence-corrected chi connectivity index (χ4v) is 18.2. The maximum Gasteiger partial charge on any atom is 0.416 e. The summed E-state index contributed by atoms with van der Waals surface area (Å²) in [5, 5.41) is 29.0. The number of aryl methyl sites for hydroxylation is 3. The van der Waals surface area contributed by atoms with Crippen LogP contribution >= 0.6 is 0 Å². The molecule has 0 spiro atoms. The average Bonchev–Trinajstić information content (AvgIpc) is 1.57. The van der Waals surface area contributed by atoms with E-state index < -0.39 is 47.0 Å². The van der Waals surface area contributed by atoms with Crippen molar-refractivity contribution in [1.82, 2.24) is 18.3 Å². The summed E-state index contributed by atoms with van der Waals surface area (Å²) >= 11 is 0. The van der Waals surface area contributed by atoms with Crippen LogP contribution in [0.2, 0.25) is 0 Å². The lowest BCUT2D eigenvalue weighted by molar-refractivity contribution is -0.144. The number of nitriles is 2. The number of rotatable bonds is 12. The highest BCUT2D eigenvalue weighted by Crippen LogP contribution is 2.50. The fraction of sp³-hybridized carbons (Fsp3) is 0.0755. The minimum atomic E-state index is -5.19. The van der Waals surface area contributed by atoms with Gasteiger partial charge in [0.25, 0.3) is 0 Å². The molecule has 0 aliphatic rings. The number of nitrogens with zero attached hydrogens (tertiary/aromatic N) is 6. The van der Waals surface area contributed by atoms with Crippen LogP contribution in [-0.4, -0.2) is 18.3 Å². The van der Waals surface area contributed by atoms with Crippen molar-refractivity contribution >= 4 is 87.2 Å². The van der Waals surface area contributed by atoms with Crippen LogP contribution in [0.4, 0.5) is 52.7 Å². The van der Waals surface area contributed by atoms with Crippen molar-refractivity contribution < 1.29 is 52.7 Å². The average molecular weight is 1650 g/mol. The van der Waals surface area contributed by atoms with Crippen LogP contribution in [0, 0.1) is 43.4 Å². The third-order valence-electron chi connectivity index (χ3n) is 24.0. The standard InChI is InChI=1S/C106H64F12N6/c1-60-15-12-18-65(39-60)69-33-37-95-89(48-69)83-23-6-10-27-93(83)121(95)97-56-87(73-44-77(103(107,108)109)54-78(45-73)104(110,111)112)101(52-75(97)58-119)122-94-28-11-7-24-84(94)90-49-70(34-38-96(90)122)68-30-29-64(62(3)41-68)42-63-17-14-20-67(43-63)72-32-36-85-81-21-4-8-25-91(81)123(99(85)51-72)98-57-88(74-46-79(105(113,114)115)55-80(47-74)106(116,117)118)102(53-76(98)59-120)124-92-26-9-5-22-82(92)86-35-31-71(50-100(86)124)66-19-13-16-61(2)40-66/h4-41,43-57H,42H2,1-3H3. The lowest BCUT2D eigenvalue weighted by atomic mass is 9.94. The van der Waals surface area contributed by atoms with Crippen molar-refractivity contribution in [1.29, 1.82) is 10.5 Å². The Labute approximate surface area is 701 Å². The molecule has 0 saturated heterocycles. The second-order valence-electron chi connectivity index (χ2n) is 31.7. The molecule has 0 bridgehead atoms. The summed E-state index contributed by atoms with van der Waals surface area (Å²) in [5.41, 5.74) is 10.7. The molecule has 0 N–H and O–H groups in total. The van der Waals surface area contributed by atoms with Crippen molar-refractivity contribution in [2.24, 2.45) is 0 Å². The molecule has 20 aromatic rings. The molecule has 0 unspecified atom stereocenters. The molecule has 4 heterocycles. The molecule has 124 heavy (non-hydrogen) atoms. The Hall–Kier alpha value is -15.1. The van der Waals surface area contributed by atoms with Gasteiger partial charge in [0.05, 0.1) is 100 Å². The summed E-state index contributed by atoms with van der Waals surface area (Å²) < 4.78 is 188. The lowest BCUT2D eigenvalue weighted by Gasteiger charge is -2.21. The molecule has 0 aliphatic carbocycles. The molecule has 0 saturated carbocycles. The normalized spacial score (nSPS) is 12.3. The molecule has 4 aromatic heterocycles. The Morgan fingerprint density at radius 3 is 0.952 bits per heavy atom. The number of alkyl halides is 12. The van der Waals surface area contributed by atoms with E-state index in [0.29, 0.717) is 61.3 Å². The summed E-state index contributed by atoms with van der Waals surface area (Å²) in [7, 11) is 0. The molecule has 0 fully saturated rings. The van der Waals surface area contributed by atoms with E-state index in [1.165, 1.54) is 12.1 Å². The van der Waals surface area contributed by atoms with Crippen LogP contribution in [0.25, 0.3) is 177 Å². The zero-order valence-electron chi connectivity index (χ0n) is 66.0. The first-order chi connectivity index (χ1) is 59.6. The van der Waals surface area contributed by atoms with Crippen LogP contribution in [0.1, 0.15) is 61.2 Å². The largest absolute Gasteiger partial charge is 0.416 e. The Bertz CT molecular complexity index is 7920. The molecule has 18 heteroatoms. The Kier molecular flexibility index (Phi) is 18.2. The maximum absolute atomic E-state index is 15.1. The van der Waals surface area contributed by atoms with Gasteiger partial charge in [-0.3, -0.25) is 0 Å². The fourth-order valence-electron chi connectivity index (χ4n) is 18.2. The van der Waals surface area contributed by atoms with Gasteiger partial charge in [-0.1, -0.05) is 211 Å². The number of benzene rings is 16. The third-order valence-corrected chi connectivity index (χ3v) is 24.0. The molecule has 6 nitrogen and oxygen atoms in total. The zero-order valence-corrected chi connectivity index (χ0v) is 66.0. The van der Waals surface area contributed by atoms with Gasteiger partial charge in [0.2, 0.25) is 0 Å². The summed E-state index contributed by atoms with van der Waals surface area (Å²) in [6.07, 6.45) is -20.3. The predicted molar refractivity (Wildman–Crippen MR) is 469 cm³/mol. The second kappa shape index (κ2) is 29.1. The molecular weight excluding hydrogens is 1590 g/mol. The summed E-state index contributed by atoms with van der Waals surface area (Å²) in [6, 6.07) is 97.3. The van der Waals surface area contributed by atoms with Crippen LogP contribution in [0.5, 0.6) is 0 Å². The quantitative estimate of drug-likeness (QED) is 0.114. The Morgan fingerprint density at radius 2 is 0.556 bits per heavy atom. The molecule has 0 aliphatic heterocycles. The van der Waals surface area contributed by atoms with Crippen LogP contribution in [-0.2, 0) is 31.1 Å². The van der Waals surface area contributed by atoms with Crippen molar-refractivity contribution in [2.45, 2.75) is 51.9 Å². The van der Waals surface area contributed by atoms with Gasteiger partial charge in [-0.15, -0.1) is 0 Å². The number of hydrogen-bond donors (Lipinski definition) is 0. The SMILES string of the molecule is Cc1cccc(-c2ccc3c(c2)c2ccccc2n3-c2cc(-c3cc(C(F)(F)F)cc(C(F)(F)F)c3)c(-n3c4ccccc4c4cc(-c5ccc(Cc6cccc(-c7ccc8c9ccccc9n(-c9cc(-c%10cc(C(F)(F)F)cc(C(F)(F)F)c%10)c(-n%10c%11ccccc%11c%11ccc(-c%12cccc(C)c%12)cc%11%10)cc9C#N)c8c7)c6)c(C)c5)ccc43)cc2C#N)c1. The van der Waals surface area contributed by atoms with Crippen LogP contribution in [0.15, 0.2) is 322 Å². The number of para-hydroxylation sites is 4. The Morgan fingerprint density at radius 1 is 0.242 bits per heavy atom. The van der Waals surface area contributed by atoms with Gasteiger partial charge in [0.15, 0.2) is 0 Å². The van der Waals surface area contributed by atoms with Crippen molar-refractivity contribution in [3.63, 3.8) is 0 Å². The van der Waals surface area contributed by atoms with E-state index in [2.05, 4.69) is 36.4 Å². The second-order valence-corrected chi connectivity index (χ2v) is 31.7. The molecule has 20 rings (SSSR count). The van der Waals surface area contributed by atoms with Gasteiger partial charge in [0, 0.05) is 54.2 Å². The van der Waals surface area contributed by atoms with Crippen molar-refractivity contribution in [2.75, 3.05) is 0 Å². The topological polar surface area (TPSA) is 67.3 Å². The zero-order chi connectivity index (χ0) is 85.7. The monoisotopic (exact) mass is 1650 g/mol. The summed E-state index contributed by atoms with van der Waals surface area (Å²) in [6.45, 7) is 5.98. The smallest absolute Gasteiger partial charge is 0.309 e. The van der Waals surface area contributed by atoms with Crippen LogP contribution < -0.4 is 0 Å². The van der Waals surface area contributed by atoms with E-state index in [-0.39, 0.29) is 68.3 Å². The van der Waals surface area contributed by atoms with E-state index in [9.17, 15) is 10.5 Å². The van der Waals surface area contributed by atoms with E-state index in [1.54, 1.807) is 28.8 Å². The van der Waals surface area contributed by atoms with Crippen molar-refractivity contribution in [3.8, 4) is 102 Å². The van der Waals surface area contributed by atoms with Crippen LogP contribution in [0.3, 0.4) is 0 Å². The van der Waals surface area contributed by atoms with Gasteiger partial charge >= 0.3 is 24.7 Å². The van der Waals surface area contributed by atoms with Crippen molar-refractivity contribution in [3.05, 3.63) is 383 Å². The molecule has 0 amide bonds. The summed E-state index contributed by atoms with van der Waals surface area (Å²) in [4.78, 5) is 0. The molecule has 0 atom stereocenters. The highest BCUT2D eigenvalue weighted by atomic mass is 19.4. The number of fused-ring (bicyclic) bond motifs is 12. The number of hydrogen-bond acceptors (Lipinski definition) is 2. The highest BCUT2D eigenvalue weighted by molar-refractivity contribution is 6.15. The van der Waals surface area contributed by atoms with Gasteiger partial charge in [-0.2, -0.15) is 63.2 Å². The first-order valence-corrected chi connectivity index (χ1v) is 39.8. The van der Waals surface area contributed by atoms with E-state index in [0.717, 1.165) is 129 Å². The molecular formula is C106H64F12N6. The van der Waals surface area contributed by atoms with Gasteiger partial charge in [-0.05, 0) is 221 Å². The van der Waals surface area contributed by atoms with E-state index in [1.807, 2.05) is 259 Å². The van der Waals surface area contributed by atoms with E-state index in [4.69, 9.17) is 0 Å². The lowest BCUT2D eigenvalue weighted by Crippen LogP contribution is -2.11. The maximum atomic E-state index is 15.1. The third kappa shape index (κ3) is 13.3. The van der Waals surface area contributed by atoms with Gasteiger partial charge in [0.1, 0.15) is 12.1 Å². The molecule has 16 aromatic carbocycles. The highest BCUT2D eigenvalue weighted by Gasteiger charge is 2.40.